The van der Waals surface area contributed by atoms with Gasteiger partial charge in [0.2, 0.25) is 5.91 Å². The molecule has 1 aliphatic rings. The van der Waals surface area contributed by atoms with Crippen molar-refractivity contribution in [1.82, 2.24) is 4.90 Å². The number of methoxy groups -OCH3 is 1. The maximum Gasteiger partial charge on any atom is 0.312 e. The lowest BCUT2D eigenvalue weighted by atomic mass is 10.1. The fourth-order valence-electron chi connectivity index (χ4n) is 3.35. The van der Waals surface area contributed by atoms with Gasteiger partial charge >= 0.3 is 5.97 Å². The number of nitro benzene ring substituents is 1. The molecule has 10 heteroatoms. The molecular formula is C22H23N3O7. The summed E-state index contributed by atoms with van der Waals surface area (Å²) in [5.41, 5.74) is 0.807. The SMILES string of the molecule is COc1ccc([N+](=O)[O-])cc1NC(=O)[C@H](C)OC(=O)[C@@H]1CC(=O)N(Cc2ccccc2)C1. The fraction of sp³-hybridized carbons (Fsp3) is 0.318. The molecule has 32 heavy (non-hydrogen) atoms. The Kier molecular flexibility index (Phi) is 7.04. The van der Waals surface area contributed by atoms with E-state index in [4.69, 9.17) is 9.47 Å². The number of rotatable bonds is 8. The number of nitrogens with zero attached hydrogens (tertiary/aromatic N) is 2. The van der Waals surface area contributed by atoms with Gasteiger partial charge in [-0.25, -0.2) is 0 Å². The van der Waals surface area contributed by atoms with E-state index < -0.39 is 28.8 Å². The third kappa shape index (κ3) is 5.39. The summed E-state index contributed by atoms with van der Waals surface area (Å²) >= 11 is 0. The van der Waals surface area contributed by atoms with E-state index in [0.29, 0.717) is 6.54 Å². The number of nitrogens with one attached hydrogen (secondary N) is 1. The minimum atomic E-state index is -1.18. The Morgan fingerprint density at radius 3 is 2.62 bits per heavy atom. The van der Waals surface area contributed by atoms with Gasteiger partial charge in [0.1, 0.15) is 5.75 Å². The topological polar surface area (TPSA) is 128 Å². The number of carbonyl (C=O) groups excluding carboxylic acids is 3. The molecule has 10 nitrogen and oxygen atoms in total. The Balaban J connectivity index is 1.58. The van der Waals surface area contributed by atoms with Gasteiger partial charge in [-0.15, -0.1) is 0 Å². The average Bonchev–Trinajstić information content (AvgIpc) is 3.14. The molecule has 0 unspecified atom stereocenters. The van der Waals surface area contributed by atoms with E-state index in [9.17, 15) is 24.5 Å². The van der Waals surface area contributed by atoms with E-state index in [1.54, 1.807) is 4.90 Å². The van der Waals surface area contributed by atoms with E-state index in [-0.39, 0.29) is 36.0 Å². The lowest BCUT2D eigenvalue weighted by Crippen LogP contribution is -2.33. The second kappa shape index (κ2) is 9.90. The summed E-state index contributed by atoms with van der Waals surface area (Å²) in [4.78, 5) is 49.3. The molecule has 0 saturated carbocycles. The zero-order chi connectivity index (χ0) is 23.3. The predicted molar refractivity (Wildman–Crippen MR) is 114 cm³/mol. The number of hydrogen-bond donors (Lipinski definition) is 1. The van der Waals surface area contributed by atoms with Gasteiger partial charge < -0.3 is 19.7 Å². The van der Waals surface area contributed by atoms with Gasteiger partial charge in [0.15, 0.2) is 6.10 Å². The van der Waals surface area contributed by atoms with Gasteiger partial charge in [-0.05, 0) is 18.6 Å². The second-order valence-electron chi connectivity index (χ2n) is 7.37. The predicted octanol–water partition coefficient (Wildman–Crippen LogP) is 2.52. The summed E-state index contributed by atoms with van der Waals surface area (Å²) in [6, 6.07) is 13.2. The van der Waals surface area contributed by atoms with Gasteiger partial charge in [-0.2, -0.15) is 0 Å². The number of non-ortho nitro benzene ring substituents is 1. The van der Waals surface area contributed by atoms with Crippen LogP contribution in [-0.4, -0.2) is 47.4 Å². The molecule has 0 bridgehead atoms. The summed E-state index contributed by atoms with van der Waals surface area (Å²) in [7, 11) is 1.36. The Bertz CT molecular complexity index is 1030. The largest absolute Gasteiger partial charge is 0.495 e. The van der Waals surface area contributed by atoms with Crippen molar-refractivity contribution in [1.29, 1.82) is 0 Å². The van der Waals surface area contributed by atoms with Crippen LogP contribution in [0.25, 0.3) is 0 Å². The number of amides is 2. The highest BCUT2D eigenvalue weighted by atomic mass is 16.6. The molecule has 1 fully saturated rings. The van der Waals surface area contributed by atoms with Crippen molar-refractivity contribution in [3.8, 4) is 5.75 Å². The molecule has 2 amide bonds. The van der Waals surface area contributed by atoms with Crippen LogP contribution in [0.2, 0.25) is 0 Å². The van der Waals surface area contributed by atoms with Crippen molar-refractivity contribution in [3.05, 3.63) is 64.2 Å². The molecule has 0 aromatic heterocycles. The van der Waals surface area contributed by atoms with Crippen molar-refractivity contribution in [2.45, 2.75) is 26.0 Å². The molecule has 2 aromatic carbocycles. The van der Waals surface area contributed by atoms with Gasteiger partial charge in [0, 0.05) is 31.6 Å². The summed E-state index contributed by atoms with van der Waals surface area (Å²) < 4.78 is 10.4. The molecule has 2 aromatic rings. The third-order valence-electron chi connectivity index (χ3n) is 5.08. The number of likely N-dealkylation sites (tertiary alicyclic amines) is 1. The van der Waals surface area contributed by atoms with Crippen molar-refractivity contribution >= 4 is 29.2 Å². The lowest BCUT2D eigenvalue weighted by molar-refractivity contribution is -0.384. The molecule has 1 aliphatic heterocycles. The smallest absolute Gasteiger partial charge is 0.312 e. The van der Waals surface area contributed by atoms with Gasteiger partial charge in [0.05, 0.1) is 23.6 Å². The molecule has 0 spiro atoms. The Labute approximate surface area is 184 Å². The highest BCUT2D eigenvalue weighted by Gasteiger charge is 2.36. The van der Waals surface area contributed by atoms with Crippen molar-refractivity contribution < 1.29 is 28.8 Å². The highest BCUT2D eigenvalue weighted by Crippen LogP contribution is 2.29. The normalized spacial score (nSPS) is 16.4. The average molecular weight is 441 g/mol. The first-order valence-electron chi connectivity index (χ1n) is 9.94. The summed E-state index contributed by atoms with van der Waals surface area (Å²) in [6.45, 7) is 1.99. The first-order chi connectivity index (χ1) is 15.3. The molecule has 3 rings (SSSR count). The monoisotopic (exact) mass is 441 g/mol. The van der Waals surface area contributed by atoms with Crippen LogP contribution in [0.1, 0.15) is 18.9 Å². The van der Waals surface area contributed by atoms with Crippen LogP contribution in [0.3, 0.4) is 0 Å². The van der Waals surface area contributed by atoms with E-state index in [1.165, 1.54) is 26.2 Å². The van der Waals surface area contributed by atoms with Crippen molar-refractivity contribution in [2.75, 3.05) is 19.0 Å². The van der Waals surface area contributed by atoms with E-state index >= 15 is 0 Å². The number of nitro groups is 1. The molecule has 0 aliphatic carbocycles. The number of anilines is 1. The van der Waals surface area contributed by atoms with Crippen LogP contribution in [0.5, 0.6) is 5.75 Å². The molecule has 1 saturated heterocycles. The molecule has 1 N–H and O–H groups in total. The number of benzene rings is 2. The fourth-order valence-corrected chi connectivity index (χ4v) is 3.35. The van der Waals surface area contributed by atoms with Crippen LogP contribution in [-0.2, 0) is 25.7 Å². The lowest BCUT2D eigenvalue weighted by Gasteiger charge is -2.18. The van der Waals surface area contributed by atoms with Crippen LogP contribution in [0.15, 0.2) is 48.5 Å². The number of esters is 1. The van der Waals surface area contributed by atoms with Gasteiger partial charge in [0.25, 0.3) is 11.6 Å². The highest BCUT2D eigenvalue weighted by molar-refractivity contribution is 5.97. The van der Waals surface area contributed by atoms with Crippen molar-refractivity contribution in [3.63, 3.8) is 0 Å². The Morgan fingerprint density at radius 1 is 1.25 bits per heavy atom. The van der Waals surface area contributed by atoms with Crippen LogP contribution >= 0.6 is 0 Å². The van der Waals surface area contributed by atoms with Gasteiger partial charge in [-0.1, -0.05) is 30.3 Å². The summed E-state index contributed by atoms with van der Waals surface area (Å²) in [5.74, 6) is -1.94. The quantitative estimate of drug-likeness (QED) is 0.379. The molecule has 1 heterocycles. The van der Waals surface area contributed by atoms with Gasteiger partial charge in [-0.3, -0.25) is 24.5 Å². The van der Waals surface area contributed by atoms with Crippen molar-refractivity contribution in [2.24, 2.45) is 5.92 Å². The van der Waals surface area contributed by atoms with Crippen LogP contribution < -0.4 is 10.1 Å². The standard InChI is InChI=1S/C22H23N3O7/c1-14(21(27)23-18-11-17(25(29)30)8-9-19(18)31-2)32-22(28)16-10-20(26)24(13-16)12-15-6-4-3-5-7-15/h3-9,11,14,16H,10,12-13H2,1-2H3,(H,23,27)/t14-,16+/m0/s1. The molecule has 0 radical (unpaired) electrons. The molecule has 2 atom stereocenters. The van der Waals surface area contributed by atoms with E-state index in [1.807, 2.05) is 30.3 Å². The number of hydrogen-bond acceptors (Lipinski definition) is 7. The molecular weight excluding hydrogens is 418 g/mol. The third-order valence-corrected chi connectivity index (χ3v) is 5.08. The zero-order valence-electron chi connectivity index (χ0n) is 17.6. The number of carbonyl (C=O) groups is 3. The minimum Gasteiger partial charge on any atom is -0.495 e. The Hall–Kier alpha value is -3.95. The maximum atomic E-state index is 12.5. The van der Waals surface area contributed by atoms with Crippen LogP contribution in [0, 0.1) is 16.0 Å². The summed E-state index contributed by atoms with van der Waals surface area (Å²) in [6.07, 6.45) is -1.16. The molecule has 168 valence electrons. The second-order valence-corrected chi connectivity index (χ2v) is 7.37. The summed E-state index contributed by atoms with van der Waals surface area (Å²) in [5, 5.41) is 13.5. The first-order valence-corrected chi connectivity index (χ1v) is 9.94. The first kappa shape index (κ1) is 22.7. The van der Waals surface area contributed by atoms with Crippen LogP contribution in [0.4, 0.5) is 11.4 Å². The Morgan fingerprint density at radius 2 is 1.97 bits per heavy atom. The van der Waals surface area contributed by atoms with E-state index in [2.05, 4.69) is 5.32 Å². The number of ether oxygens (including phenoxy) is 2. The maximum absolute atomic E-state index is 12.5. The zero-order valence-corrected chi connectivity index (χ0v) is 17.6. The minimum absolute atomic E-state index is 0.0126. The van der Waals surface area contributed by atoms with E-state index in [0.717, 1.165) is 11.6 Å².